The van der Waals surface area contributed by atoms with Crippen LogP contribution in [0, 0.1) is 0 Å². The molecular formula is C13H14N8O2. The lowest BCUT2D eigenvalue weighted by molar-refractivity contribution is 0.709. The molecule has 0 saturated heterocycles. The first kappa shape index (κ1) is 14.6. The standard InChI is InChI=1S/C7H8N4O2.C6H6N4/c1-10-5-4(8-3-9-5)6(12)11(2)7(10)13;1-10-4-9-5-2-7-3-8-6(5)10/h3H,1-2H3,(H,8,9);2-4H,1H3. The van der Waals surface area contributed by atoms with Crippen molar-refractivity contribution in [2.75, 3.05) is 0 Å². The van der Waals surface area contributed by atoms with Crippen LogP contribution in [0.15, 0.2) is 34.8 Å². The number of aromatic amines is 1. The third kappa shape index (κ3) is 2.39. The molecule has 0 amide bonds. The maximum Gasteiger partial charge on any atom is 0.332 e. The van der Waals surface area contributed by atoms with Crippen molar-refractivity contribution >= 4 is 22.3 Å². The van der Waals surface area contributed by atoms with Crippen LogP contribution in [-0.4, -0.2) is 38.6 Å². The molecule has 0 atom stereocenters. The van der Waals surface area contributed by atoms with Gasteiger partial charge in [0.25, 0.3) is 5.56 Å². The van der Waals surface area contributed by atoms with Gasteiger partial charge in [-0.05, 0) is 0 Å². The van der Waals surface area contributed by atoms with Gasteiger partial charge in [-0.2, -0.15) is 0 Å². The van der Waals surface area contributed by atoms with Gasteiger partial charge in [0, 0.05) is 21.1 Å². The highest BCUT2D eigenvalue weighted by molar-refractivity contribution is 5.69. The molecule has 4 aromatic heterocycles. The zero-order valence-electron chi connectivity index (χ0n) is 12.8. The van der Waals surface area contributed by atoms with Crippen LogP contribution in [0.2, 0.25) is 0 Å². The van der Waals surface area contributed by atoms with Crippen LogP contribution >= 0.6 is 0 Å². The van der Waals surface area contributed by atoms with Gasteiger partial charge in [0.15, 0.2) is 11.3 Å². The first-order chi connectivity index (χ1) is 11.0. The summed E-state index contributed by atoms with van der Waals surface area (Å²) in [5, 5.41) is 0. The van der Waals surface area contributed by atoms with E-state index in [2.05, 4.69) is 24.9 Å². The number of hydrogen-bond donors (Lipinski definition) is 1. The lowest BCUT2D eigenvalue weighted by Gasteiger charge is -2.00. The number of aromatic nitrogens is 8. The minimum absolute atomic E-state index is 0.351. The molecule has 1 N–H and O–H groups in total. The summed E-state index contributed by atoms with van der Waals surface area (Å²) in [6, 6.07) is 0. The first-order valence-corrected chi connectivity index (χ1v) is 6.67. The summed E-state index contributed by atoms with van der Waals surface area (Å²) >= 11 is 0. The molecule has 0 aliphatic heterocycles. The molecule has 118 valence electrons. The second-order valence-electron chi connectivity index (χ2n) is 4.89. The fraction of sp³-hybridized carbons (Fsp3) is 0.231. The maximum absolute atomic E-state index is 11.4. The van der Waals surface area contributed by atoms with Crippen molar-refractivity contribution in [1.29, 1.82) is 0 Å². The average Bonchev–Trinajstić information content (AvgIpc) is 3.19. The number of imidazole rings is 2. The van der Waals surface area contributed by atoms with Crippen molar-refractivity contribution in [3.63, 3.8) is 0 Å². The number of fused-ring (bicyclic) bond motifs is 2. The highest BCUT2D eigenvalue weighted by Gasteiger charge is 2.08. The Morgan fingerprint density at radius 1 is 1.00 bits per heavy atom. The van der Waals surface area contributed by atoms with E-state index < -0.39 is 0 Å². The Balaban J connectivity index is 0.000000140. The fourth-order valence-electron chi connectivity index (χ4n) is 2.15. The van der Waals surface area contributed by atoms with E-state index in [1.165, 1.54) is 24.3 Å². The van der Waals surface area contributed by atoms with Crippen molar-refractivity contribution in [3.8, 4) is 0 Å². The molecule has 4 aromatic rings. The number of aryl methyl sites for hydroxylation is 2. The number of hydrogen-bond acceptors (Lipinski definition) is 6. The smallest absolute Gasteiger partial charge is 0.332 e. The van der Waals surface area contributed by atoms with Gasteiger partial charge in [-0.25, -0.2) is 24.7 Å². The van der Waals surface area contributed by atoms with E-state index in [0.29, 0.717) is 11.2 Å². The Morgan fingerprint density at radius 2 is 1.78 bits per heavy atom. The molecule has 0 bridgehead atoms. The topological polar surface area (TPSA) is 116 Å². The highest BCUT2D eigenvalue weighted by atomic mass is 16.2. The zero-order chi connectivity index (χ0) is 16.6. The van der Waals surface area contributed by atoms with E-state index in [-0.39, 0.29) is 11.2 Å². The molecule has 0 aromatic carbocycles. The maximum atomic E-state index is 11.4. The molecule has 0 unspecified atom stereocenters. The second-order valence-corrected chi connectivity index (χ2v) is 4.89. The van der Waals surface area contributed by atoms with Crippen LogP contribution < -0.4 is 11.2 Å². The van der Waals surface area contributed by atoms with Gasteiger partial charge in [0.1, 0.15) is 17.4 Å². The molecule has 4 heterocycles. The molecule has 23 heavy (non-hydrogen) atoms. The van der Waals surface area contributed by atoms with E-state index >= 15 is 0 Å². The van der Waals surface area contributed by atoms with Crippen molar-refractivity contribution in [2.24, 2.45) is 21.1 Å². The van der Waals surface area contributed by atoms with Gasteiger partial charge in [-0.15, -0.1) is 0 Å². The molecule has 0 saturated carbocycles. The summed E-state index contributed by atoms with van der Waals surface area (Å²) in [6.45, 7) is 0. The summed E-state index contributed by atoms with van der Waals surface area (Å²) in [7, 11) is 4.91. The molecule has 0 radical (unpaired) electrons. The predicted molar refractivity (Wildman–Crippen MR) is 82.9 cm³/mol. The first-order valence-electron chi connectivity index (χ1n) is 6.67. The molecule has 10 heteroatoms. The van der Waals surface area contributed by atoms with E-state index in [0.717, 1.165) is 15.7 Å². The Bertz CT molecular complexity index is 1100. The Kier molecular flexibility index (Phi) is 3.48. The van der Waals surface area contributed by atoms with E-state index in [4.69, 9.17) is 0 Å². The largest absolute Gasteiger partial charge is 0.339 e. The lowest BCUT2D eigenvalue weighted by Crippen LogP contribution is -2.36. The summed E-state index contributed by atoms with van der Waals surface area (Å²) in [4.78, 5) is 41.3. The van der Waals surface area contributed by atoms with Crippen LogP contribution in [0.5, 0.6) is 0 Å². The van der Waals surface area contributed by atoms with Crippen molar-refractivity contribution in [2.45, 2.75) is 0 Å². The van der Waals surface area contributed by atoms with Crippen LogP contribution in [0.25, 0.3) is 22.3 Å². The Hall–Kier alpha value is -3.30. The number of nitrogens with zero attached hydrogens (tertiary/aromatic N) is 7. The van der Waals surface area contributed by atoms with E-state index in [9.17, 15) is 9.59 Å². The molecule has 0 spiro atoms. The van der Waals surface area contributed by atoms with Gasteiger partial charge >= 0.3 is 5.69 Å². The van der Waals surface area contributed by atoms with Crippen molar-refractivity contribution in [3.05, 3.63) is 46.0 Å². The highest BCUT2D eigenvalue weighted by Crippen LogP contribution is 2.03. The summed E-state index contributed by atoms with van der Waals surface area (Å²) < 4.78 is 4.23. The summed E-state index contributed by atoms with van der Waals surface area (Å²) in [6.07, 6.45) is 6.33. The van der Waals surface area contributed by atoms with Gasteiger partial charge in [0.05, 0.1) is 18.9 Å². The summed E-state index contributed by atoms with van der Waals surface area (Å²) in [5.41, 5.74) is 1.72. The third-order valence-electron chi connectivity index (χ3n) is 3.41. The van der Waals surface area contributed by atoms with E-state index in [1.54, 1.807) is 19.6 Å². The Morgan fingerprint density at radius 3 is 2.52 bits per heavy atom. The minimum Gasteiger partial charge on any atom is -0.339 e. The Labute approximate surface area is 129 Å². The van der Waals surface area contributed by atoms with Gasteiger partial charge in [-0.1, -0.05) is 0 Å². The second kappa shape index (κ2) is 5.48. The van der Waals surface area contributed by atoms with Crippen LogP contribution in [0.4, 0.5) is 0 Å². The fourth-order valence-corrected chi connectivity index (χ4v) is 2.15. The average molecular weight is 314 g/mol. The van der Waals surface area contributed by atoms with Crippen LogP contribution in [-0.2, 0) is 21.1 Å². The quantitative estimate of drug-likeness (QED) is 0.460. The van der Waals surface area contributed by atoms with E-state index in [1.807, 2.05) is 11.6 Å². The van der Waals surface area contributed by atoms with Crippen molar-refractivity contribution < 1.29 is 0 Å². The monoisotopic (exact) mass is 314 g/mol. The summed E-state index contributed by atoms with van der Waals surface area (Å²) in [5.74, 6) is 0. The normalized spacial score (nSPS) is 10.7. The SMILES string of the molecule is Cn1c(=O)c2[nH]cnc2n(C)c1=O.Cn1cnc2cncnc21. The van der Waals surface area contributed by atoms with Crippen molar-refractivity contribution in [1.82, 2.24) is 38.6 Å². The number of H-pyrrole nitrogens is 1. The number of nitrogens with one attached hydrogen (secondary N) is 1. The van der Waals surface area contributed by atoms with Gasteiger partial charge in [-0.3, -0.25) is 13.9 Å². The predicted octanol–water partition coefficient (Wildman–Crippen LogP) is -0.676. The number of rotatable bonds is 0. The van der Waals surface area contributed by atoms with Gasteiger partial charge < -0.3 is 9.55 Å². The van der Waals surface area contributed by atoms with Gasteiger partial charge in [0.2, 0.25) is 0 Å². The third-order valence-corrected chi connectivity index (χ3v) is 3.41. The molecular weight excluding hydrogens is 300 g/mol. The molecule has 0 aliphatic rings. The molecule has 4 rings (SSSR count). The minimum atomic E-state index is -0.371. The lowest BCUT2D eigenvalue weighted by atomic mass is 10.5. The molecule has 0 aliphatic carbocycles. The van der Waals surface area contributed by atoms with Crippen LogP contribution in [0.1, 0.15) is 0 Å². The molecule has 10 nitrogen and oxygen atoms in total. The van der Waals surface area contributed by atoms with Crippen LogP contribution in [0.3, 0.4) is 0 Å². The zero-order valence-corrected chi connectivity index (χ0v) is 12.8. The molecule has 0 fully saturated rings.